The Bertz CT molecular complexity index is 69.4. The van der Waals surface area contributed by atoms with Gasteiger partial charge in [-0.25, -0.2) is 0 Å². The Morgan fingerprint density at radius 1 is 1.00 bits per heavy atom. The standard InChI is InChI=1S/C8H19N.C3H8/c1-7(2)5-6-8(3)9-4;1-3-2/h7-9H,5-6H2,1-4H3;3H2,1-2H3. The Morgan fingerprint density at radius 3 is 1.67 bits per heavy atom. The molecule has 0 aliphatic heterocycles. The lowest BCUT2D eigenvalue weighted by molar-refractivity contribution is 0.475. The second kappa shape index (κ2) is 11.0. The van der Waals surface area contributed by atoms with Gasteiger partial charge in [0.15, 0.2) is 0 Å². The molecule has 0 aromatic carbocycles. The van der Waals surface area contributed by atoms with Crippen molar-refractivity contribution < 1.29 is 0 Å². The zero-order chi connectivity index (χ0) is 9.98. The van der Waals surface area contributed by atoms with Crippen molar-refractivity contribution >= 4 is 0 Å². The molecule has 1 atom stereocenters. The van der Waals surface area contributed by atoms with E-state index in [-0.39, 0.29) is 0 Å². The predicted molar refractivity (Wildman–Crippen MR) is 58.6 cm³/mol. The number of rotatable bonds is 4. The zero-order valence-corrected chi connectivity index (χ0v) is 9.78. The molecule has 0 bridgehead atoms. The minimum atomic E-state index is 0.687. The fourth-order valence-electron chi connectivity index (χ4n) is 0.728. The minimum absolute atomic E-state index is 0.687. The van der Waals surface area contributed by atoms with Crippen LogP contribution in [-0.2, 0) is 0 Å². The smallest absolute Gasteiger partial charge is 0.00358 e. The van der Waals surface area contributed by atoms with E-state index in [1.54, 1.807) is 0 Å². The van der Waals surface area contributed by atoms with Crippen molar-refractivity contribution in [1.29, 1.82) is 0 Å². The molecule has 1 heteroatoms. The molecular formula is C11H27N. The number of hydrogen-bond acceptors (Lipinski definition) is 1. The van der Waals surface area contributed by atoms with E-state index in [2.05, 4.69) is 39.9 Å². The van der Waals surface area contributed by atoms with E-state index in [9.17, 15) is 0 Å². The summed E-state index contributed by atoms with van der Waals surface area (Å²) in [4.78, 5) is 0. The lowest BCUT2D eigenvalue weighted by Crippen LogP contribution is -2.21. The van der Waals surface area contributed by atoms with E-state index in [0.29, 0.717) is 6.04 Å². The molecule has 1 N–H and O–H groups in total. The van der Waals surface area contributed by atoms with Crippen molar-refractivity contribution in [3.8, 4) is 0 Å². The highest BCUT2D eigenvalue weighted by molar-refractivity contribution is 4.57. The molecule has 12 heavy (non-hydrogen) atoms. The van der Waals surface area contributed by atoms with Crippen LogP contribution in [-0.4, -0.2) is 13.1 Å². The quantitative estimate of drug-likeness (QED) is 0.686. The first kappa shape index (κ1) is 14.5. The van der Waals surface area contributed by atoms with E-state index in [1.165, 1.54) is 19.3 Å². The summed E-state index contributed by atoms with van der Waals surface area (Å²) >= 11 is 0. The van der Waals surface area contributed by atoms with E-state index in [1.807, 2.05) is 7.05 Å². The first-order valence-corrected chi connectivity index (χ1v) is 5.25. The van der Waals surface area contributed by atoms with Crippen molar-refractivity contribution in [2.24, 2.45) is 5.92 Å². The summed E-state index contributed by atoms with van der Waals surface area (Å²) < 4.78 is 0. The van der Waals surface area contributed by atoms with E-state index >= 15 is 0 Å². The van der Waals surface area contributed by atoms with Gasteiger partial charge in [-0.05, 0) is 32.7 Å². The van der Waals surface area contributed by atoms with Gasteiger partial charge >= 0.3 is 0 Å². The molecule has 0 aliphatic carbocycles. The molecule has 76 valence electrons. The van der Waals surface area contributed by atoms with Gasteiger partial charge in [0.05, 0.1) is 0 Å². The van der Waals surface area contributed by atoms with Crippen LogP contribution in [0.2, 0.25) is 0 Å². The topological polar surface area (TPSA) is 12.0 Å². The number of nitrogens with one attached hydrogen (secondary N) is 1. The van der Waals surface area contributed by atoms with Gasteiger partial charge in [0.25, 0.3) is 0 Å². The highest BCUT2D eigenvalue weighted by atomic mass is 14.8. The van der Waals surface area contributed by atoms with Gasteiger partial charge < -0.3 is 5.32 Å². The van der Waals surface area contributed by atoms with E-state index in [4.69, 9.17) is 0 Å². The highest BCUT2D eigenvalue weighted by Gasteiger charge is 1.98. The molecule has 1 nitrogen and oxygen atoms in total. The monoisotopic (exact) mass is 173 g/mol. The first-order chi connectivity index (χ1) is 5.58. The van der Waals surface area contributed by atoms with E-state index < -0.39 is 0 Å². The molecule has 0 radical (unpaired) electrons. The summed E-state index contributed by atoms with van der Waals surface area (Å²) in [7, 11) is 2.02. The third-order valence-electron chi connectivity index (χ3n) is 1.67. The fraction of sp³-hybridized carbons (Fsp3) is 1.00. The molecule has 0 saturated heterocycles. The third-order valence-corrected chi connectivity index (χ3v) is 1.67. The molecule has 0 heterocycles. The molecule has 0 aromatic heterocycles. The molecule has 0 spiro atoms. The van der Waals surface area contributed by atoms with Gasteiger partial charge in [-0.3, -0.25) is 0 Å². The Morgan fingerprint density at radius 2 is 1.42 bits per heavy atom. The van der Waals surface area contributed by atoms with Gasteiger partial charge in [-0.1, -0.05) is 34.1 Å². The van der Waals surface area contributed by atoms with Crippen molar-refractivity contribution in [3.63, 3.8) is 0 Å². The van der Waals surface area contributed by atoms with Crippen LogP contribution in [0.5, 0.6) is 0 Å². The van der Waals surface area contributed by atoms with Crippen LogP contribution in [0.15, 0.2) is 0 Å². The largest absolute Gasteiger partial charge is 0.317 e. The molecular weight excluding hydrogens is 146 g/mol. The Hall–Kier alpha value is -0.0400. The molecule has 0 amide bonds. The average molecular weight is 173 g/mol. The van der Waals surface area contributed by atoms with Crippen LogP contribution in [0, 0.1) is 5.92 Å². The second-order valence-corrected chi connectivity index (χ2v) is 3.87. The van der Waals surface area contributed by atoms with Crippen LogP contribution >= 0.6 is 0 Å². The summed E-state index contributed by atoms with van der Waals surface area (Å²) in [5.41, 5.74) is 0. The van der Waals surface area contributed by atoms with Gasteiger partial charge in [-0.15, -0.1) is 0 Å². The summed E-state index contributed by atoms with van der Waals surface area (Å²) in [6.45, 7) is 11.0. The molecule has 0 fully saturated rings. The summed E-state index contributed by atoms with van der Waals surface area (Å²) in [5, 5.41) is 3.22. The van der Waals surface area contributed by atoms with Gasteiger partial charge in [-0.2, -0.15) is 0 Å². The highest BCUT2D eigenvalue weighted by Crippen LogP contribution is 2.05. The second-order valence-electron chi connectivity index (χ2n) is 3.87. The van der Waals surface area contributed by atoms with Gasteiger partial charge in [0, 0.05) is 6.04 Å². The molecule has 0 aliphatic rings. The lowest BCUT2D eigenvalue weighted by atomic mass is 10.0. The van der Waals surface area contributed by atoms with Crippen LogP contribution in [0.25, 0.3) is 0 Å². The summed E-state index contributed by atoms with van der Waals surface area (Å²) in [6, 6.07) is 0.687. The summed E-state index contributed by atoms with van der Waals surface area (Å²) in [6.07, 6.45) is 3.89. The Balaban J connectivity index is 0. The maximum absolute atomic E-state index is 3.22. The zero-order valence-electron chi connectivity index (χ0n) is 9.78. The summed E-state index contributed by atoms with van der Waals surface area (Å²) in [5.74, 6) is 0.848. The van der Waals surface area contributed by atoms with Crippen LogP contribution in [0.4, 0.5) is 0 Å². The Labute approximate surface area is 78.9 Å². The minimum Gasteiger partial charge on any atom is -0.317 e. The van der Waals surface area contributed by atoms with Crippen molar-refractivity contribution in [2.45, 2.75) is 59.9 Å². The maximum atomic E-state index is 3.22. The first-order valence-electron chi connectivity index (χ1n) is 5.25. The molecule has 0 saturated carbocycles. The van der Waals surface area contributed by atoms with Gasteiger partial charge in [0.2, 0.25) is 0 Å². The molecule has 0 rings (SSSR count). The average Bonchev–Trinajstić information content (AvgIpc) is 2.01. The van der Waals surface area contributed by atoms with Gasteiger partial charge in [0.1, 0.15) is 0 Å². The van der Waals surface area contributed by atoms with Crippen molar-refractivity contribution in [3.05, 3.63) is 0 Å². The fourth-order valence-corrected chi connectivity index (χ4v) is 0.728. The van der Waals surface area contributed by atoms with Crippen LogP contribution in [0.3, 0.4) is 0 Å². The van der Waals surface area contributed by atoms with Crippen LogP contribution in [0.1, 0.15) is 53.9 Å². The molecule has 0 aromatic rings. The SMILES string of the molecule is CCC.CNC(C)CCC(C)C. The normalized spacial score (nSPS) is 12.2. The van der Waals surface area contributed by atoms with Crippen LogP contribution < -0.4 is 5.32 Å². The lowest BCUT2D eigenvalue weighted by Gasteiger charge is -2.10. The number of hydrogen-bond donors (Lipinski definition) is 1. The van der Waals surface area contributed by atoms with Crippen molar-refractivity contribution in [1.82, 2.24) is 5.32 Å². The van der Waals surface area contributed by atoms with Crippen molar-refractivity contribution in [2.75, 3.05) is 7.05 Å². The van der Waals surface area contributed by atoms with E-state index in [0.717, 1.165) is 5.92 Å². The molecule has 1 unspecified atom stereocenters. The predicted octanol–water partition coefficient (Wildman–Crippen LogP) is 3.45. The maximum Gasteiger partial charge on any atom is 0.00358 e. The third kappa shape index (κ3) is 16.5. The Kier molecular flexibility index (Phi) is 13.2.